The maximum Gasteiger partial charge on any atom is 0.492 e. The molecule has 2 N–H and O–H groups in total. The third kappa shape index (κ3) is 1.64. The molecule has 0 radical (unpaired) electrons. The van der Waals surface area contributed by atoms with Crippen LogP contribution >= 0.6 is 0 Å². The molecule has 0 saturated heterocycles. The van der Waals surface area contributed by atoms with Crippen LogP contribution in [0.2, 0.25) is 0 Å². The first kappa shape index (κ1) is 10.2. The van der Waals surface area contributed by atoms with Crippen LogP contribution in [0.25, 0.3) is 0 Å². The Bertz CT molecular complexity index is 406. The first-order valence-electron chi connectivity index (χ1n) is 4.75. The van der Waals surface area contributed by atoms with Crippen LogP contribution in [-0.2, 0) is 15.0 Å². The lowest BCUT2D eigenvalue weighted by molar-refractivity contribution is -0.105. The Morgan fingerprint density at radius 2 is 2.27 bits per heavy atom. The molecule has 0 aromatic heterocycles. The van der Waals surface area contributed by atoms with Crippen molar-refractivity contribution >= 4 is 24.7 Å². The fourth-order valence-electron chi connectivity index (χ4n) is 1.88. The molecule has 0 atom stereocenters. The van der Waals surface area contributed by atoms with E-state index in [0.29, 0.717) is 17.6 Å². The maximum absolute atomic E-state index is 10.3. The molecule has 0 aliphatic carbocycles. The minimum atomic E-state index is -0.914. The smallest absolute Gasteiger partial charge is 0.423 e. The minimum absolute atomic E-state index is 0.478. The molecule has 1 aromatic carbocycles. The van der Waals surface area contributed by atoms with Crippen LogP contribution in [0.3, 0.4) is 0 Å². The Morgan fingerprint density at radius 1 is 1.53 bits per heavy atom. The van der Waals surface area contributed by atoms with Gasteiger partial charge < -0.3 is 15.0 Å². The van der Waals surface area contributed by atoms with Gasteiger partial charge in [0.15, 0.2) is 0 Å². The number of amides is 1. The van der Waals surface area contributed by atoms with Crippen molar-refractivity contribution < 1.29 is 14.5 Å². The molecule has 4 nitrogen and oxygen atoms in total. The monoisotopic (exact) mass is 205 g/mol. The van der Waals surface area contributed by atoms with Crippen LogP contribution in [0.15, 0.2) is 18.2 Å². The second kappa shape index (κ2) is 3.36. The molecule has 0 spiro atoms. The number of nitrogens with one attached hydrogen (secondary N) is 1. The van der Waals surface area contributed by atoms with Gasteiger partial charge in [-0.2, -0.15) is 0 Å². The van der Waals surface area contributed by atoms with E-state index in [1.165, 1.54) is 0 Å². The third-order valence-corrected chi connectivity index (χ3v) is 2.60. The standard InChI is InChI=1S/C10H12BNO3/c1-10(2)8-4-3-7(12-6-13)5-9(8)11(14)15-10/h3-6,14H,1-2H3,(H,12,13). The fraction of sp³-hybridized carbons (Fsp3) is 0.300. The molecular weight excluding hydrogens is 193 g/mol. The number of fused-ring (bicyclic) bond motifs is 1. The zero-order valence-corrected chi connectivity index (χ0v) is 8.65. The Balaban J connectivity index is 2.45. The molecule has 0 bridgehead atoms. The molecule has 0 saturated carbocycles. The summed E-state index contributed by atoms with van der Waals surface area (Å²) in [4.78, 5) is 10.3. The summed E-state index contributed by atoms with van der Waals surface area (Å²) in [6.07, 6.45) is 0.606. The zero-order chi connectivity index (χ0) is 11.1. The van der Waals surface area contributed by atoms with Crippen LogP contribution in [0.5, 0.6) is 0 Å². The average molecular weight is 205 g/mol. The summed E-state index contributed by atoms with van der Waals surface area (Å²) in [5, 5.41) is 12.2. The molecule has 2 rings (SSSR count). The number of rotatable bonds is 2. The highest BCUT2D eigenvalue weighted by atomic mass is 16.5. The molecule has 5 heteroatoms. The number of benzene rings is 1. The number of hydrogen-bond acceptors (Lipinski definition) is 3. The molecule has 0 unspecified atom stereocenters. The second-order valence-corrected chi connectivity index (χ2v) is 4.04. The predicted molar refractivity (Wildman–Crippen MR) is 57.8 cm³/mol. The van der Waals surface area contributed by atoms with Crippen molar-refractivity contribution in [1.82, 2.24) is 0 Å². The number of carbonyl (C=O) groups excluding carboxylic acids is 1. The van der Waals surface area contributed by atoms with Gasteiger partial charge in [-0.25, -0.2) is 0 Å². The molecule has 0 fully saturated rings. The zero-order valence-electron chi connectivity index (χ0n) is 8.65. The SMILES string of the molecule is CC1(C)OB(O)c2cc(NC=O)ccc21. The van der Waals surface area contributed by atoms with Gasteiger partial charge in [-0.1, -0.05) is 6.07 Å². The minimum Gasteiger partial charge on any atom is -0.423 e. The van der Waals surface area contributed by atoms with Gasteiger partial charge in [0.1, 0.15) is 0 Å². The molecule has 1 amide bonds. The molecule has 1 heterocycles. The Morgan fingerprint density at radius 3 is 2.93 bits per heavy atom. The van der Waals surface area contributed by atoms with Gasteiger partial charge in [0, 0.05) is 5.69 Å². The van der Waals surface area contributed by atoms with Crippen molar-refractivity contribution in [1.29, 1.82) is 0 Å². The van der Waals surface area contributed by atoms with Gasteiger partial charge in [-0.15, -0.1) is 0 Å². The van der Waals surface area contributed by atoms with E-state index in [1.54, 1.807) is 12.1 Å². The normalized spacial score (nSPS) is 17.4. The lowest BCUT2D eigenvalue weighted by Gasteiger charge is -2.19. The number of hydrogen-bond donors (Lipinski definition) is 2. The highest BCUT2D eigenvalue weighted by molar-refractivity contribution is 6.62. The Kier molecular flexibility index (Phi) is 2.29. The van der Waals surface area contributed by atoms with Crippen molar-refractivity contribution in [2.24, 2.45) is 0 Å². The van der Waals surface area contributed by atoms with Crippen LogP contribution in [-0.4, -0.2) is 18.6 Å². The van der Waals surface area contributed by atoms with Gasteiger partial charge in [0.25, 0.3) is 0 Å². The largest absolute Gasteiger partial charge is 0.492 e. The molecule has 15 heavy (non-hydrogen) atoms. The Labute approximate surface area is 88.4 Å². The summed E-state index contributed by atoms with van der Waals surface area (Å²) in [5.41, 5.74) is 1.84. The van der Waals surface area contributed by atoms with Crippen molar-refractivity contribution in [3.63, 3.8) is 0 Å². The van der Waals surface area contributed by atoms with Gasteiger partial charge >= 0.3 is 7.12 Å². The second-order valence-electron chi connectivity index (χ2n) is 4.04. The first-order chi connectivity index (χ1) is 7.04. The van der Waals surface area contributed by atoms with E-state index in [1.807, 2.05) is 19.9 Å². The molecular formula is C10H12BNO3. The van der Waals surface area contributed by atoms with E-state index in [2.05, 4.69) is 5.32 Å². The van der Waals surface area contributed by atoms with Gasteiger partial charge in [-0.05, 0) is 37.0 Å². The van der Waals surface area contributed by atoms with E-state index in [-0.39, 0.29) is 0 Å². The number of anilines is 1. The summed E-state index contributed by atoms with van der Waals surface area (Å²) in [6.45, 7) is 3.80. The van der Waals surface area contributed by atoms with Crippen molar-refractivity contribution in [3.8, 4) is 0 Å². The lowest BCUT2D eigenvalue weighted by atomic mass is 9.78. The topological polar surface area (TPSA) is 58.6 Å². The van der Waals surface area contributed by atoms with Crippen LogP contribution < -0.4 is 10.8 Å². The van der Waals surface area contributed by atoms with Crippen LogP contribution in [0.4, 0.5) is 5.69 Å². The summed E-state index contributed by atoms with van der Waals surface area (Å²) in [7, 11) is -0.914. The lowest BCUT2D eigenvalue weighted by Crippen LogP contribution is -2.28. The van der Waals surface area contributed by atoms with E-state index < -0.39 is 12.7 Å². The van der Waals surface area contributed by atoms with Gasteiger partial charge in [0.2, 0.25) is 6.41 Å². The van der Waals surface area contributed by atoms with E-state index in [4.69, 9.17) is 4.65 Å². The van der Waals surface area contributed by atoms with Crippen LogP contribution in [0, 0.1) is 0 Å². The molecule has 78 valence electrons. The fourth-order valence-corrected chi connectivity index (χ4v) is 1.88. The van der Waals surface area contributed by atoms with E-state index in [9.17, 15) is 9.82 Å². The van der Waals surface area contributed by atoms with Crippen molar-refractivity contribution in [2.45, 2.75) is 19.4 Å². The molecule has 1 aromatic rings. The summed E-state index contributed by atoms with van der Waals surface area (Å²) >= 11 is 0. The molecule has 1 aliphatic heterocycles. The maximum atomic E-state index is 10.3. The average Bonchev–Trinajstić information content (AvgIpc) is 2.38. The summed E-state index contributed by atoms with van der Waals surface area (Å²) < 4.78 is 5.39. The molecule has 1 aliphatic rings. The predicted octanol–water partition coefficient (Wildman–Crippen LogP) is 0.208. The van der Waals surface area contributed by atoms with Crippen molar-refractivity contribution in [2.75, 3.05) is 5.32 Å². The highest BCUT2D eigenvalue weighted by Gasteiger charge is 2.40. The summed E-state index contributed by atoms with van der Waals surface area (Å²) in [6, 6.07) is 5.37. The Hall–Kier alpha value is -1.33. The highest BCUT2D eigenvalue weighted by Crippen LogP contribution is 2.30. The van der Waals surface area contributed by atoms with E-state index >= 15 is 0 Å². The van der Waals surface area contributed by atoms with E-state index in [0.717, 1.165) is 5.56 Å². The first-order valence-corrected chi connectivity index (χ1v) is 4.75. The summed E-state index contributed by atoms with van der Waals surface area (Å²) in [5.74, 6) is 0. The third-order valence-electron chi connectivity index (χ3n) is 2.60. The van der Waals surface area contributed by atoms with Crippen molar-refractivity contribution in [3.05, 3.63) is 23.8 Å². The van der Waals surface area contributed by atoms with Gasteiger partial charge in [-0.3, -0.25) is 4.79 Å². The van der Waals surface area contributed by atoms with Gasteiger partial charge in [0.05, 0.1) is 5.60 Å². The number of carbonyl (C=O) groups is 1. The van der Waals surface area contributed by atoms with Crippen LogP contribution in [0.1, 0.15) is 19.4 Å². The quantitative estimate of drug-likeness (QED) is 0.535.